The normalized spacial score (nSPS) is 12.1. The minimum Gasteiger partial charge on any atom is -0.510 e. The fourth-order valence-corrected chi connectivity index (χ4v) is 1.76. The second-order valence-electron chi connectivity index (χ2n) is 3.53. The Balaban J connectivity index is 3.26. The summed E-state index contributed by atoms with van der Waals surface area (Å²) in [6, 6.07) is 1.87. The Morgan fingerprint density at radius 2 is 1.89 bits per heavy atom. The highest BCUT2D eigenvalue weighted by atomic mass is 32.2. The van der Waals surface area contributed by atoms with Crippen LogP contribution in [0, 0.1) is 0 Å². The Kier molecular flexibility index (Phi) is 4.33. The molecule has 19 heavy (non-hydrogen) atoms. The molecule has 106 valence electrons. The molecule has 11 heteroatoms. The molecule has 0 spiro atoms. The minimum atomic E-state index is -4.68. The number of nitrogens with one attached hydrogen (secondary N) is 1. The summed E-state index contributed by atoms with van der Waals surface area (Å²) in [5.41, 5.74) is -1.66. The van der Waals surface area contributed by atoms with Crippen molar-refractivity contribution in [3.05, 3.63) is 23.8 Å². The summed E-state index contributed by atoms with van der Waals surface area (Å²) in [4.78, 5) is 0. The van der Waals surface area contributed by atoms with Gasteiger partial charge in [0.1, 0.15) is 5.75 Å². The smallest absolute Gasteiger partial charge is 0.510 e. The number of anilines is 1. The first kappa shape index (κ1) is 15.6. The molecule has 1 aromatic carbocycles. The number of hydrogen-bond acceptors (Lipinski definition) is 5. The Hall–Kier alpha value is -1.46. The molecule has 0 heterocycles. The van der Waals surface area contributed by atoms with Gasteiger partial charge >= 0.3 is 13.5 Å². The van der Waals surface area contributed by atoms with E-state index in [0.717, 1.165) is 12.3 Å². The van der Waals surface area contributed by atoms with Gasteiger partial charge in [-0.25, -0.2) is 8.42 Å². The van der Waals surface area contributed by atoms with E-state index >= 15 is 0 Å². The molecular formula is C8H9BF3NO5S. The predicted molar refractivity (Wildman–Crippen MR) is 60.7 cm³/mol. The van der Waals surface area contributed by atoms with Gasteiger partial charge < -0.3 is 14.7 Å². The summed E-state index contributed by atoms with van der Waals surface area (Å²) in [6.07, 6.45) is -3.95. The molecule has 1 aromatic rings. The molecular weight excluding hydrogens is 290 g/mol. The van der Waals surface area contributed by atoms with Gasteiger partial charge in [-0.2, -0.15) is 13.2 Å². The van der Waals surface area contributed by atoms with Crippen LogP contribution in [0.1, 0.15) is 5.56 Å². The van der Waals surface area contributed by atoms with E-state index in [-0.39, 0.29) is 0 Å². The fraction of sp³-hybridized carbons (Fsp3) is 0.250. The van der Waals surface area contributed by atoms with Gasteiger partial charge in [-0.3, -0.25) is 4.72 Å². The third-order valence-electron chi connectivity index (χ3n) is 1.83. The maximum atomic E-state index is 12.5. The van der Waals surface area contributed by atoms with Crippen LogP contribution in [0.5, 0.6) is 5.75 Å². The Labute approximate surface area is 107 Å². The lowest BCUT2D eigenvalue weighted by molar-refractivity contribution is -0.137. The molecule has 0 saturated heterocycles. The van der Waals surface area contributed by atoms with E-state index < -0.39 is 40.5 Å². The summed E-state index contributed by atoms with van der Waals surface area (Å²) in [7, 11) is -6.15. The molecule has 0 aliphatic rings. The van der Waals surface area contributed by atoms with Crippen molar-refractivity contribution in [2.45, 2.75) is 6.18 Å². The SMILES string of the molecule is CS(=O)(=O)Nc1cc(C(F)(F)F)ccc1OB(O)O. The first-order valence-electron chi connectivity index (χ1n) is 4.71. The average Bonchev–Trinajstić information content (AvgIpc) is 2.15. The van der Waals surface area contributed by atoms with E-state index in [2.05, 4.69) is 4.65 Å². The van der Waals surface area contributed by atoms with Crippen molar-refractivity contribution in [3.63, 3.8) is 0 Å². The highest BCUT2D eigenvalue weighted by Gasteiger charge is 2.31. The van der Waals surface area contributed by atoms with Gasteiger partial charge in [-0.1, -0.05) is 0 Å². The Morgan fingerprint density at radius 3 is 2.32 bits per heavy atom. The molecule has 0 radical (unpaired) electrons. The predicted octanol–water partition coefficient (Wildman–Crippen LogP) is 0.425. The molecule has 0 aromatic heterocycles. The van der Waals surface area contributed by atoms with E-state index in [1.54, 1.807) is 4.72 Å². The molecule has 0 amide bonds. The lowest BCUT2D eigenvalue weighted by atomic mass is 10.1. The molecule has 0 atom stereocenters. The summed E-state index contributed by atoms with van der Waals surface area (Å²) < 4.78 is 65.7. The van der Waals surface area contributed by atoms with Crippen LogP contribution in [0.3, 0.4) is 0 Å². The van der Waals surface area contributed by atoms with Crippen LogP contribution >= 0.6 is 0 Å². The second kappa shape index (κ2) is 5.27. The second-order valence-corrected chi connectivity index (χ2v) is 5.28. The summed E-state index contributed by atoms with van der Waals surface area (Å²) in [6.45, 7) is 0. The van der Waals surface area contributed by atoms with Gasteiger partial charge in [0.15, 0.2) is 0 Å². The van der Waals surface area contributed by atoms with Crippen molar-refractivity contribution < 1.29 is 36.3 Å². The van der Waals surface area contributed by atoms with E-state index in [0.29, 0.717) is 12.1 Å². The highest BCUT2D eigenvalue weighted by Crippen LogP contribution is 2.35. The molecule has 0 bridgehead atoms. The maximum Gasteiger partial charge on any atom is 0.707 e. The molecule has 1 rings (SSSR count). The molecule has 3 N–H and O–H groups in total. The quantitative estimate of drug-likeness (QED) is 0.701. The van der Waals surface area contributed by atoms with E-state index in [9.17, 15) is 21.6 Å². The number of rotatable bonds is 4. The van der Waals surface area contributed by atoms with Crippen molar-refractivity contribution in [1.82, 2.24) is 0 Å². The van der Waals surface area contributed by atoms with Crippen LogP contribution in [-0.2, 0) is 16.2 Å². The maximum absolute atomic E-state index is 12.5. The van der Waals surface area contributed by atoms with Gasteiger partial charge in [0.25, 0.3) is 0 Å². The minimum absolute atomic E-state index is 0.451. The van der Waals surface area contributed by atoms with Gasteiger partial charge in [0.2, 0.25) is 10.0 Å². The highest BCUT2D eigenvalue weighted by molar-refractivity contribution is 7.92. The molecule has 0 saturated carbocycles. The number of benzene rings is 1. The zero-order chi connectivity index (χ0) is 14.8. The third kappa shape index (κ3) is 4.97. The van der Waals surface area contributed by atoms with Crippen molar-refractivity contribution in [2.24, 2.45) is 0 Å². The summed E-state index contributed by atoms with van der Waals surface area (Å²) >= 11 is 0. The zero-order valence-corrected chi connectivity index (χ0v) is 10.3. The average molecular weight is 299 g/mol. The lowest BCUT2D eigenvalue weighted by Crippen LogP contribution is -2.22. The molecule has 0 fully saturated rings. The summed E-state index contributed by atoms with van der Waals surface area (Å²) in [5.74, 6) is -0.451. The van der Waals surface area contributed by atoms with Crippen molar-refractivity contribution >= 4 is 23.0 Å². The molecule has 0 unspecified atom stereocenters. The first-order valence-corrected chi connectivity index (χ1v) is 6.60. The monoisotopic (exact) mass is 299 g/mol. The number of hydrogen-bond donors (Lipinski definition) is 3. The first-order chi connectivity index (χ1) is 8.49. The van der Waals surface area contributed by atoms with Crippen molar-refractivity contribution in [2.75, 3.05) is 11.0 Å². The molecule has 0 aliphatic carbocycles. The van der Waals surface area contributed by atoms with Crippen LogP contribution in [0.25, 0.3) is 0 Å². The number of sulfonamides is 1. The van der Waals surface area contributed by atoms with E-state index in [1.165, 1.54) is 0 Å². The van der Waals surface area contributed by atoms with Crippen LogP contribution in [0.15, 0.2) is 18.2 Å². The van der Waals surface area contributed by atoms with Crippen LogP contribution in [-0.4, -0.2) is 32.0 Å². The Bertz CT molecular complexity index is 560. The number of alkyl halides is 3. The zero-order valence-electron chi connectivity index (χ0n) is 9.47. The van der Waals surface area contributed by atoms with E-state index in [1.807, 2.05) is 0 Å². The van der Waals surface area contributed by atoms with Crippen molar-refractivity contribution in [3.8, 4) is 5.75 Å². The van der Waals surface area contributed by atoms with Crippen molar-refractivity contribution in [1.29, 1.82) is 0 Å². The van der Waals surface area contributed by atoms with Crippen LogP contribution in [0.2, 0.25) is 0 Å². The van der Waals surface area contributed by atoms with Gasteiger partial charge in [-0.05, 0) is 18.2 Å². The topological polar surface area (TPSA) is 95.9 Å². The summed E-state index contributed by atoms with van der Waals surface area (Å²) in [5, 5.41) is 17.2. The van der Waals surface area contributed by atoms with Crippen LogP contribution < -0.4 is 9.38 Å². The van der Waals surface area contributed by atoms with Gasteiger partial charge in [0.05, 0.1) is 17.5 Å². The third-order valence-corrected chi connectivity index (χ3v) is 2.43. The standard InChI is InChI=1S/C8H9BF3NO5S/c1-19(16,17)13-6-4-5(8(10,11)12)2-3-7(6)18-9(14)15/h2-4,13-15H,1H3. The molecule has 0 aliphatic heterocycles. The Morgan fingerprint density at radius 1 is 1.32 bits per heavy atom. The molecule has 6 nitrogen and oxygen atoms in total. The van der Waals surface area contributed by atoms with Crippen LogP contribution in [0.4, 0.5) is 18.9 Å². The van der Waals surface area contributed by atoms with Gasteiger partial charge in [0, 0.05) is 0 Å². The van der Waals surface area contributed by atoms with Gasteiger partial charge in [-0.15, -0.1) is 0 Å². The lowest BCUT2D eigenvalue weighted by Gasteiger charge is -2.14. The largest absolute Gasteiger partial charge is 0.707 e. The fourth-order valence-electron chi connectivity index (χ4n) is 1.20. The number of halogens is 3. The van der Waals surface area contributed by atoms with E-state index in [4.69, 9.17) is 10.0 Å².